The number of rotatable bonds is 3. The molecule has 1 nitrogen and oxygen atoms in total. The maximum atomic E-state index is 12.4. The summed E-state index contributed by atoms with van der Waals surface area (Å²) in [6.07, 6.45) is 2.61. The summed E-state index contributed by atoms with van der Waals surface area (Å²) in [4.78, 5) is 0. The van der Waals surface area contributed by atoms with E-state index in [1.54, 1.807) is 12.1 Å². The van der Waals surface area contributed by atoms with Gasteiger partial charge in [0, 0.05) is 12.6 Å². The number of halogens is 3. The molecule has 0 saturated heterocycles. The molecule has 1 aromatic rings. The van der Waals surface area contributed by atoms with Gasteiger partial charge in [0.1, 0.15) is 0 Å². The van der Waals surface area contributed by atoms with Crippen molar-refractivity contribution in [2.24, 2.45) is 11.8 Å². The normalized spacial score (nSPS) is 29.1. The summed E-state index contributed by atoms with van der Waals surface area (Å²) in [5, 5.41) is 3.43. The van der Waals surface area contributed by atoms with Crippen LogP contribution in [0, 0.1) is 11.8 Å². The van der Waals surface area contributed by atoms with E-state index in [1.165, 1.54) is 12.8 Å². The van der Waals surface area contributed by atoms with Gasteiger partial charge in [0.25, 0.3) is 0 Å². The Hall–Kier alpha value is -1.29. The molecule has 1 aromatic carbocycles. The molecule has 3 unspecified atom stereocenters. The van der Waals surface area contributed by atoms with Crippen molar-refractivity contribution in [2.75, 3.05) is 0 Å². The van der Waals surface area contributed by atoms with Gasteiger partial charge < -0.3 is 5.32 Å². The largest absolute Gasteiger partial charge is 0.416 e. The van der Waals surface area contributed by atoms with Crippen molar-refractivity contribution in [2.45, 2.75) is 31.6 Å². The van der Waals surface area contributed by atoms with Gasteiger partial charge >= 0.3 is 6.18 Å². The summed E-state index contributed by atoms with van der Waals surface area (Å²) in [6, 6.07) is 5.89. The Kier molecular flexibility index (Phi) is 3.13. The van der Waals surface area contributed by atoms with Crippen LogP contribution in [0.5, 0.6) is 0 Å². The van der Waals surface area contributed by atoms with Crippen molar-refractivity contribution >= 4 is 0 Å². The fourth-order valence-electron chi connectivity index (χ4n) is 3.01. The molecule has 0 heterocycles. The van der Waals surface area contributed by atoms with E-state index in [0.717, 1.165) is 23.6 Å². The Morgan fingerprint density at radius 2 is 1.89 bits per heavy atom. The van der Waals surface area contributed by atoms with E-state index in [-0.39, 0.29) is 0 Å². The first-order valence-corrected chi connectivity index (χ1v) is 6.60. The number of fused-ring (bicyclic) bond motifs is 1. The number of hydrogen-bond donors (Lipinski definition) is 1. The van der Waals surface area contributed by atoms with Gasteiger partial charge in [-0.05, 0) is 42.4 Å². The third kappa shape index (κ3) is 2.54. The molecule has 0 aliphatic heterocycles. The SMILES string of the molecule is FC(F)(F)c1ccc(CNC2CC3CC=CC32)cc1. The molecule has 2 aliphatic rings. The highest BCUT2D eigenvalue weighted by Crippen LogP contribution is 2.42. The quantitative estimate of drug-likeness (QED) is 0.822. The first-order valence-electron chi connectivity index (χ1n) is 6.60. The zero-order chi connectivity index (χ0) is 13.5. The zero-order valence-electron chi connectivity index (χ0n) is 10.5. The number of nitrogens with one attached hydrogen (secondary N) is 1. The lowest BCUT2D eigenvalue weighted by Gasteiger charge is -2.40. The second-order valence-corrected chi connectivity index (χ2v) is 5.42. The van der Waals surface area contributed by atoms with Crippen LogP contribution in [-0.4, -0.2) is 6.04 Å². The van der Waals surface area contributed by atoms with Crippen LogP contribution in [0.1, 0.15) is 24.0 Å². The summed E-state index contributed by atoms with van der Waals surface area (Å²) in [5.74, 6) is 1.43. The second kappa shape index (κ2) is 4.67. The zero-order valence-corrected chi connectivity index (χ0v) is 10.5. The fraction of sp³-hybridized carbons (Fsp3) is 0.467. The van der Waals surface area contributed by atoms with Crippen molar-refractivity contribution in [1.82, 2.24) is 5.32 Å². The molecule has 0 radical (unpaired) electrons. The summed E-state index contributed by atoms with van der Waals surface area (Å²) < 4.78 is 37.3. The van der Waals surface area contributed by atoms with Crippen LogP contribution in [0.4, 0.5) is 13.2 Å². The molecule has 0 bridgehead atoms. The molecule has 2 aliphatic carbocycles. The van der Waals surface area contributed by atoms with E-state index in [4.69, 9.17) is 0 Å². The lowest BCUT2D eigenvalue weighted by atomic mass is 9.71. The van der Waals surface area contributed by atoms with Gasteiger partial charge in [-0.3, -0.25) is 0 Å². The number of benzene rings is 1. The molecular formula is C15H16F3N. The topological polar surface area (TPSA) is 12.0 Å². The minimum Gasteiger partial charge on any atom is -0.309 e. The molecule has 1 fully saturated rings. The maximum absolute atomic E-state index is 12.4. The van der Waals surface area contributed by atoms with Crippen LogP contribution in [0.3, 0.4) is 0 Å². The van der Waals surface area contributed by atoms with Gasteiger partial charge in [-0.15, -0.1) is 0 Å². The Morgan fingerprint density at radius 3 is 2.53 bits per heavy atom. The molecule has 4 heteroatoms. The standard InChI is InChI=1S/C15H16F3N/c16-15(17,18)12-6-4-10(5-7-12)9-19-14-8-11-2-1-3-13(11)14/h1,3-7,11,13-14,19H,2,8-9H2. The molecule has 0 aromatic heterocycles. The van der Waals surface area contributed by atoms with Crippen LogP contribution in [0.25, 0.3) is 0 Å². The fourth-order valence-corrected chi connectivity index (χ4v) is 3.01. The van der Waals surface area contributed by atoms with E-state index < -0.39 is 11.7 Å². The Morgan fingerprint density at radius 1 is 1.16 bits per heavy atom. The van der Waals surface area contributed by atoms with Crippen LogP contribution in [0.2, 0.25) is 0 Å². The first-order chi connectivity index (χ1) is 9.04. The molecule has 1 saturated carbocycles. The molecule has 1 N–H and O–H groups in total. The van der Waals surface area contributed by atoms with Crippen LogP contribution >= 0.6 is 0 Å². The third-order valence-electron chi connectivity index (χ3n) is 4.21. The van der Waals surface area contributed by atoms with E-state index in [9.17, 15) is 13.2 Å². The average Bonchev–Trinajstić information content (AvgIpc) is 2.71. The van der Waals surface area contributed by atoms with E-state index in [2.05, 4.69) is 17.5 Å². The summed E-state index contributed by atoms with van der Waals surface area (Å²) in [7, 11) is 0. The highest BCUT2D eigenvalue weighted by molar-refractivity contribution is 5.24. The molecular weight excluding hydrogens is 251 g/mol. The molecule has 102 valence electrons. The monoisotopic (exact) mass is 267 g/mol. The smallest absolute Gasteiger partial charge is 0.309 e. The average molecular weight is 267 g/mol. The summed E-state index contributed by atoms with van der Waals surface area (Å²) >= 11 is 0. The van der Waals surface area contributed by atoms with Crippen molar-refractivity contribution in [1.29, 1.82) is 0 Å². The Bertz CT molecular complexity index is 475. The van der Waals surface area contributed by atoms with Gasteiger partial charge in [-0.25, -0.2) is 0 Å². The van der Waals surface area contributed by atoms with Crippen molar-refractivity contribution in [3.05, 3.63) is 47.5 Å². The minimum atomic E-state index is -4.25. The van der Waals surface area contributed by atoms with E-state index >= 15 is 0 Å². The lowest BCUT2D eigenvalue weighted by molar-refractivity contribution is -0.137. The molecule has 3 atom stereocenters. The predicted molar refractivity (Wildman–Crippen MR) is 67.4 cm³/mol. The molecule has 19 heavy (non-hydrogen) atoms. The number of allylic oxidation sites excluding steroid dienone is 1. The summed E-state index contributed by atoms with van der Waals surface area (Å²) in [6.45, 7) is 0.639. The van der Waals surface area contributed by atoms with Gasteiger partial charge in [0.15, 0.2) is 0 Å². The van der Waals surface area contributed by atoms with Crippen molar-refractivity contribution in [3.8, 4) is 0 Å². The minimum absolute atomic E-state index is 0.492. The van der Waals surface area contributed by atoms with Crippen LogP contribution < -0.4 is 5.32 Å². The van der Waals surface area contributed by atoms with Crippen molar-refractivity contribution in [3.63, 3.8) is 0 Å². The van der Waals surface area contributed by atoms with Gasteiger partial charge in [0.2, 0.25) is 0 Å². The first kappa shape index (κ1) is 12.7. The van der Waals surface area contributed by atoms with Crippen LogP contribution in [-0.2, 0) is 12.7 Å². The molecule has 0 amide bonds. The predicted octanol–water partition coefficient (Wildman–Crippen LogP) is 3.76. The third-order valence-corrected chi connectivity index (χ3v) is 4.21. The van der Waals surface area contributed by atoms with Gasteiger partial charge in [-0.2, -0.15) is 13.2 Å². The maximum Gasteiger partial charge on any atom is 0.416 e. The van der Waals surface area contributed by atoms with Gasteiger partial charge in [0.05, 0.1) is 5.56 Å². The van der Waals surface area contributed by atoms with E-state index in [0.29, 0.717) is 18.5 Å². The van der Waals surface area contributed by atoms with E-state index in [1.807, 2.05) is 0 Å². The Balaban J connectivity index is 1.55. The Labute approximate surface area is 110 Å². The highest BCUT2D eigenvalue weighted by atomic mass is 19.4. The number of alkyl halides is 3. The highest BCUT2D eigenvalue weighted by Gasteiger charge is 2.40. The van der Waals surface area contributed by atoms with Crippen LogP contribution in [0.15, 0.2) is 36.4 Å². The number of hydrogen-bond acceptors (Lipinski definition) is 1. The second-order valence-electron chi connectivity index (χ2n) is 5.42. The lowest BCUT2D eigenvalue weighted by Crippen LogP contribution is -2.47. The summed E-state index contributed by atoms with van der Waals surface area (Å²) in [5.41, 5.74) is 0.317. The molecule has 3 rings (SSSR count). The van der Waals surface area contributed by atoms with Crippen molar-refractivity contribution < 1.29 is 13.2 Å². The van der Waals surface area contributed by atoms with Gasteiger partial charge in [-0.1, -0.05) is 24.3 Å². The molecule has 0 spiro atoms.